The maximum atomic E-state index is 12.2. The van der Waals surface area contributed by atoms with E-state index >= 15 is 0 Å². The minimum atomic E-state index is 0.175. The van der Waals surface area contributed by atoms with E-state index in [1.807, 2.05) is 43.3 Å². The summed E-state index contributed by atoms with van der Waals surface area (Å²) in [5, 5.41) is 0. The standard InChI is InChI=1S/C17H15N3O/c1-12-14(11-16-17(20-12)19-8-7-18-16)10-15(21)9-13-5-3-2-4-6-13/h2-8,11H,9-10H2,1H3. The summed E-state index contributed by atoms with van der Waals surface area (Å²) in [6, 6.07) is 11.7. The summed E-state index contributed by atoms with van der Waals surface area (Å²) < 4.78 is 0. The second kappa shape index (κ2) is 5.79. The van der Waals surface area contributed by atoms with E-state index < -0.39 is 0 Å². The van der Waals surface area contributed by atoms with E-state index in [1.54, 1.807) is 12.4 Å². The van der Waals surface area contributed by atoms with Crippen molar-refractivity contribution in [1.82, 2.24) is 15.0 Å². The quantitative estimate of drug-likeness (QED) is 0.735. The van der Waals surface area contributed by atoms with Crippen LogP contribution >= 0.6 is 0 Å². The van der Waals surface area contributed by atoms with Gasteiger partial charge in [-0.25, -0.2) is 9.97 Å². The lowest BCUT2D eigenvalue weighted by atomic mass is 10.0. The minimum absolute atomic E-state index is 0.175. The van der Waals surface area contributed by atoms with Gasteiger partial charge in [0.15, 0.2) is 5.65 Å². The summed E-state index contributed by atoms with van der Waals surface area (Å²) in [5.74, 6) is 0.175. The SMILES string of the molecule is Cc1nc2nccnc2cc1CC(=O)Cc1ccccc1. The summed E-state index contributed by atoms with van der Waals surface area (Å²) in [7, 11) is 0. The molecule has 0 aliphatic heterocycles. The fraction of sp³-hybridized carbons (Fsp3) is 0.176. The summed E-state index contributed by atoms with van der Waals surface area (Å²) in [6.07, 6.45) is 4.07. The van der Waals surface area contributed by atoms with Crippen LogP contribution in [0.1, 0.15) is 16.8 Å². The summed E-state index contributed by atoms with van der Waals surface area (Å²) in [6.45, 7) is 1.90. The van der Waals surface area contributed by atoms with Crippen molar-refractivity contribution in [2.24, 2.45) is 0 Å². The second-order valence-corrected chi connectivity index (χ2v) is 5.01. The maximum absolute atomic E-state index is 12.2. The van der Waals surface area contributed by atoms with Crippen molar-refractivity contribution < 1.29 is 4.79 Å². The molecule has 0 bridgehead atoms. The van der Waals surface area contributed by atoms with Crippen molar-refractivity contribution in [1.29, 1.82) is 0 Å². The molecule has 3 aromatic rings. The molecule has 0 amide bonds. The van der Waals surface area contributed by atoms with Gasteiger partial charge in [0, 0.05) is 30.9 Å². The number of benzene rings is 1. The normalized spacial score (nSPS) is 10.7. The second-order valence-electron chi connectivity index (χ2n) is 5.01. The van der Waals surface area contributed by atoms with Crippen LogP contribution < -0.4 is 0 Å². The number of Topliss-reactive ketones (excluding diaryl/α,β-unsaturated/α-hetero) is 1. The fourth-order valence-electron chi connectivity index (χ4n) is 2.31. The van der Waals surface area contributed by atoms with Crippen LogP contribution in [-0.2, 0) is 17.6 Å². The molecule has 0 aliphatic rings. The van der Waals surface area contributed by atoms with E-state index in [0.717, 1.165) is 22.3 Å². The monoisotopic (exact) mass is 277 g/mol. The number of rotatable bonds is 4. The van der Waals surface area contributed by atoms with Crippen molar-refractivity contribution in [2.75, 3.05) is 0 Å². The zero-order valence-corrected chi connectivity index (χ0v) is 11.8. The van der Waals surface area contributed by atoms with Gasteiger partial charge in [0.25, 0.3) is 0 Å². The van der Waals surface area contributed by atoms with Crippen LogP contribution in [0.25, 0.3) is 11.2 Å². The van der Waals surface area contributed by atoms with Crippen LogP contribution in [-0.4, -0.2) is 20.7 Å². The third-order valence-electron chi connectivity index (χ3n) is 3.39. The lowest BCUT2D eigenvalue weighted by Crippen LogP contribution is -2.08. The Morgan fingerprint density at radius 2 is 1.81 bits per heavy atom. The highest BCUT2D eigenvalue weighted by Gasteiger charge is 2.10. The first-order valence-electron chi connectivity index (χ1n) is 6.85. The molecule has 0 saturated heterocycles. The Labute approximate surface area is 122 Å². The number of pyridine rings is 1. The number of nitrogens with zero attached hydrogens (tertiary/aromatic N) is 3. The zero-order chi connectivity index (χ0) is 14.7. The molecule has 1 aromatic carbocycles. The van der Waals surface area contributed by atoms with E-state index in [1.165, 1.54) is 0 Å². The fourth-order valence-corrected chi connectivity index (χ4v) is 2.31. The van der Waals surface area contributed by atoms with E-state index in [9.17, 15) is 4.79 Å². The Morgan fingerprint density at radius 1 is 1.05 bits per heavy atom. The highest BCUT2D eigenvalue weighted by Crippen LogP contribution is 2.14. The first kappa shape index (κ1) is 13.4. The Balaban J connectivity index is 1.81. The molecule has 0 atom stereocenters. The first-order chi connectivity index (χ1) is 10.2. The first-order valence-corrected chi connectivity index (χ1v) is 6.85. The maximum Gasteiger partial charge on any atom is 0.178 e. The Kier molecular flexibility index (Phi) is 3.69. The van der Waals surface area contributed by atoms with Crippen molar-refractivity contribution in [3.63, 3.8) is 0 Å². The number of ketones is 1. The lowest BCUT2D eigenvalue weighted by molar-refractivity contribution is -0.117. The predicted molar refractivity (Wildman–Crippen MR) is 80.9 cm³/mol. The Bertz CT molecular complexity index is 784. The zero-order valence-electron chi connectivity index (χ0n) is 11.8. The van der Waals surface area contributed by atoms with E-state index in [0.29, 0.717) is 18.5 Å². The predicted octanol–water partition coefficient (Wildman–Crippen LogP) is 2.69. The van der Waals surface area contributed by atoms with Crippen molar-refractivity contribution in [2.45, 2.75) is 19.8 Å². The van der Waals surface area contributed by atoms with Gasteiger partial charge in [0.05, 0.1) is 0 Å². The number of aryl methyl sites for hydroxylation is 1. The molecule has 4 nitrogen and oxygen atoms in total. The summed E-state index contributed by atoms with van der Waals surface area (Å²) >= 11 is 0. The topological polar surface area (TPSA) is 55.7 Å². The number of carbonyl (C=O) groups is 1. The van der Waals surface area contributed by atoms with Gasteiger partial charge >= 0.3 is 0 Å². The molecule has 0 radical (unpaired) electrons. The lowest BCUT2D eigenvalue weighted by Gasteiger charge is -2.06. The van der Waals surface area contributed by atoms with Gasteiger partial charge in [-0.15, -0.1) is 0 Å². The van der Waals surface area contributed by atoms with Gasteiger partial charge in [0.2, 0.25) is 0 Å². The molecule has 3 rings (SSSR count). The number of carbonyl (C=O) groups excluding carboxylic acids is 1. The summed E-state index contributed by atoms with van der Waals surface area (Å²) in [5.41, 5.74) is 4.14. The third kappa shape index (κ3) is 3.11. The van der Waals surface area contributed by atoms with Gasteiger partial charge < -0.3 is 0 Å². The molecule has 0 spiro atoms. The average molecular weight is 277 g/mol. The highest BCUT2D eigenvalue weighted by molar-refractivity contribution is 5.84. The van der Waals surface area contributed by atoms with E-state index in [4.69, 9.17) is 0 Å². The van der Waals surface area contributed by atoms with Crippen LogP contribution in [0.5, 0.6) is 0 Å². The molecule has 21 heavy (non-hydrogen) atoms. The molecule has 2 heterocycles. The van der Waals surface area contributed by atoms with Gasteiger partial charge in [-0.2, -0.15) is 0 Å². The third-order valence-corrected chi connectivity index (χ3v) is 3.39. The van der Waals surface area contributed by atoms with Gasteiger partial charge in [-0.05, 0) is 24.1 Å². The number of aromatic nitrogens is 3. The summed E-state index contributed by atoms with van der Waals surface area (Å²) in [4.78, 5) is 25.0. The molecule has 0 aliphatic carbocycles. The molecule has 0 saturated carbocycles. The Hall–Kier alpha value is -2.62. The van der Waals surface area contributed by atoms with Gasteiger partial charge in [0.1, 0.15) is 11.3 Å². The largest absolute Gasteiger partial charge is 0.299 e. The van der Waals surface area contributed by atoms with E-state index in [2.05, 4.69) is 15.0 Å². The molecular formula is C17H15N3O. The number of fused-ring (bicyclic) bond motifs is 1. The minimum Gasteiger partial charge on any atom is -0.299 e. The molecule has 4 heteroatoms. The van der Waals surface area contributed by atoms with Crippen molar-refractivity contribution >= 4 is 16.9 Å². The number of hydrogen-bond donors (Lipinski definition) is 0. The smallest absolute Gasteiger partial charge is 0.178 e. The molecular weight excluding hydrogens is 262 g/mol. The molecule has 104 valence electrons. The molecule has 0 unspecified atom stereocenters. The number of hydrogen-bond acceptors (Lipinski definition) is 4. The van der Waals surface area contributed by atoms with Crippen LogP contribution in [0.4, 0.5) is 0 Å². The van der Waals surface area contributed by atoms with E-state index in [-0.39, 0.29) is 5.78 Å². The highest BCUT2D eigenvalue weighted by atomic mass is 16.1. The van der Waals surface area contributed by atoms with Crippen LogP contribution in [0.2, 0.25) is 0 Å². The average Bonchev–Trinajstić information content (AvgIpc) is 2.49. The molecule has 2 aromatic heterocycles. The van der Waals surface area contributed by atoms with Crippen LogP contribution in [0.3, 0.4) is 0 Å². The Morgan fingerprint density at radius 3 is 2.62 bits per heavy atom. The van der Waals surface area contributed by atoms with Gasteiger partial charge in [-0.1, -0.05) is 30.3 Å². The molecule has 0 N–H and O–H groups in total. The van der Waals surface area contributed by atoms with Gasteiger partial charge in [-0.3, -0.25) is 9.78 Å². The molecule has 0 fully saturated rings. The van der Waals surface area contributed by atoms with Crippen LogP contribution in [0.15, 0.2) is 48.8 Å². The van der Waals surface area contributed by atoms with Crippen molar-refractivity contribution in [3.8, 4) is 0 Å². The van der Waals surface area contributed by atoms with Crippen molar-refractivity contribution in [3.05, 3.63) is 65.6 Å². The van der Waals surface area contributed by atoms with Crippen LogP contribution in [0, 0.1) is 6.92 Å².